The Bertz CT molecular complexity index is 971. The average Bonchev–Trinajstić information content (AvgIpc) is 2.68. The van der Waals surface area contributed by atoms with Crippen LogP contribution in [0.4, 0.5) is 11.4 Å². The SMILES string of the molecule is Cc1ccccc1C(=O)N[C@H](CC(C)C)C(=O)Nc1ccc2c(c1)NC(=O)[C@@H](C)O2. The van der Waals surface area contributed by atoms with Gasteiger partial charge in [-0.1, -0.05) is 32.0 Å². The molecule has 0 unspecified atom stereocenters. The molecule has 1 heterocycles. The van der Waals surface area contributed by atoms with Crippen LogP contribution in [-0.4, -0.2) is 29.9 Å². The van der Waals surface area contributed by atoms with Crippen LogP contribution in [0.3, 0.4) is 0 Å². The highest BCUT2D eigenvalue weighted by molar-refractivity contribution is 6.03. The molecule has 3 rings (SSSR count). The lowest BCUT2D eigenvalue weighted by atomic mass is 10.0. The highest BCUT2D eigenvalue weighted by Gasteiger charge is 2.26. The normalized spacial score (nSPS) is 16.2. The summed E-state index contributed by atoms with van der Waals surface area (Å²) in [7, 11) is 0. The Morgan fingerprint density at radius 2 is 1.90 bits per heavy atom. The zero-order chi connectivity index (χ0) is 21.8. The van der Waals surface area contributed by atoms with Gasteiger partial charge in [-0.05, 0) is 56.0 Å². The smallest absolute Gasteiger partial charge is 0.265 e. The first-order chi connectivity index (χ1) is 14.2. The number of fused-ring (bicyclic) bond motifs is 1. The van der Waals surface area contributed by atoms with Gasteiger partial charge in [0.2, 0.25) is 5.91 Å². The topological polar surface area (TPSA) is 96.5 Å². The Balaban J connectivity index is 1.74. The van der Waals surface area contributed by atoms with Crippen molar-refractivity contribution in [2.75, 3.05) is 10.6 Å². The summed E-state index contributed by atoms with van der Waals surface area (Å²) in [6.07, 6.45) is -0.0730. The fourth-order valence-electron chi connectivity index (χ4n) is 3.28. The predicted molar refractivity (Wildman–Crippen MR) is 116 cm³/mol. The second kappa shape index (κ2) is 8.98. The lowest BCUT2D eigenvalue weighted by Crippen LogP contribution is -2.44. The standard InChI is InChI=1S/C23H27N3O4/c1-13(2)11-19(26-22(28)17-8-6-5-7-14(17)3)23(29)24-16-9-10-20-18(12-16)25-21(27)15(4)30-20/h5-10,12-13,15,19H,11H2,1-4H3,(H,24,29)(H,25,27)(H,26,28)/t15-,19-/m1/s1. The summed E-state index contributed by atoms with van der Waals surface area (Å²) < 4.78 is 5.54. The highest BCUT2D eigenvalue weighted by atomic mass is 16.5. The summed E-state index contributed by atoms with van der Waals surface area (Å²) in [5.74, 6) is -0.0903. The summed E-state index contributed by atoms with van der Waals surface area (Å²) in [6.45, 7) is 7.51. The van der Waals surface area contributed by atoms with E-state index in [2.05, 4.69) is 16.0 Å². The Kier molecular flexibility index (Phi) is 6.40. The van der Waals surface area contributed by atoms with Gasteiger partial charge in [-0.15, -0.1) is 0 Å². The molecule has 30 heavy (non-hydrogen) atoms. The fraction of sp³-hybridized carbons (Fsp3) is 0.348. The molecule has 7 nitrogen and oxygen atoms in total. The fourth-order valence-corrected chi connectivity index (χ4v) is 3.28. The molecule has 3 N–H and O–H groups in total. The third-order valence-electron chi connectivity index (χ3n) is 4.90. The third kappa shape index (κ3) is 4.97. The van der Waals surface area contributed by atoms with E-state index in [9.17, 15) is 14.4 Å². The van der Waals surface area contributed by atoms with Gasteiger partial charge in [0.15, 0.2) is 6.10 Å². The van der Waals surface area contributed by atoms with E-state index in [0.29, 0.717) is 29.1 Å². The lowest BCUT2D eigenvalue weighted by Gasteiger charge is -2.24. The van der Waals surface area contributed by atoms with E-state index < -0.39 is 12.1 Å². The minimum atomic E-state index is -0.695. The Morgan fingerprint density at radius 3 is 2.60 bits per heavy atom. The van der Waals surface area contributed by atoms with E-state index >= 15 is 0 Å². The van der Waals surface area contributed by atoms with Gasteiger partial charge in [-0.3, -0.25) is 14.4 Å². The van der Waals surface area contributed by atoms with Gasteiger partial charge in [-0.25, -0.2) is 0 Å². The molecule has 0 saturated heterocycles. The van der Waals surface area contributed by atoms with Gasteiger partial charge < -0.3 is 20.7 Å². The van der Waals surface area contributed by atoms with Crippen LogP contribution in [0.15, 0.2) is 42.5 Å². The van der Waals surface area contributed by atoms with E-state index in [-0.39, 0.29) is 23.6 Å². The number of ether oxygens (including phenoxy) is 1. The quantitative estimate of drug-likeness (QED) is 0.680. The monoisotopic (exact) mass is 409 g/mol. The van der Waals surface area contributed by atoms with Crippen molar-refractivity contribution >= 4 is 29.1 Å². The number of carbonyl (C=O) groups excluding carboxylic acids is 3. The number of nitrogens with one attached hydrogen (secondary N) is 3. The summed E-state index contributed by atoms with van der Waals surface area (Å²) in [4.78, 5) is 37.5. The summed E-state index contributed by atoms with van der Waals surface area (Å²) in [6, 6.07) is 11.6. The molecule has 0 fully saturated rings. The van der Waals surface area contributed by atoms with Crippen molar-refractivity contribution < 1.29 is 19.1 Å². The van der Waals surface area contributed by atoms with Gasteiger partial charge in [0, 0.05) is 11.3 Å². The number of amides is 3. The van der Waals surface area contributed by atoms with Crippen molar-refractivity contribution in [1.82, 2.24) is 5.32 Å². The number of hydrogen-bond acceptors (Lipinski definition) is 4. The van der Waals surface area contributed by atoms with Crippen molar-refractivity contribution in [1.29, 1.82) is 0 Å². The van der Waals surface area contributed by atoms with Crippen molar-refractivity contribution in [2.24, 2.45) is 5.92 Å². The average molecular weight is 409 g/mol. The second-order valence-electron chi connectivity index (χ2n) is 7.92. The molecule has 1 aliphatic rings. The highest BCUT2D eigenvalue weighted by Crippen LogP contribution is 2.32. The first-order valence-electron chi connectivity index (χ1n) is 10.0. The van der Waals surface area contributed by atoms with Crippen LogP contribution in [0.5, 0.6) is 5.75 Å². The van der Waals surface area contributed by atoms with Crippen LogP contribution in [0.25, 0.3) is 0 Å². The summed E-state index contributed by atoms with van der Waals surface area (Å²) >= 11 is 0. The number of carbonyl (C=O) groups is 3. The number of anilines is 2. The molecular formula is C23H27N3O4. The Hall–Kier alpha value is -3.35. The van der Waals surface area contributed by atoms with E-state index in [4.69, 9.17) is 4.74 Å². The number of rotatable bonds is 6. The summed E-state index contributed by atoms with van der Waals surface area (Å²) in [5, 5.41) is 8.45. The maximum atomic E-state index is 12.9. The maximum absolute atomic E-state index is 12.9. The molecule has 2 aromatic rings. The Labute approximate surface area is 176 Å². The minimum absolute atomic E-state index is 0.204. The van der Waals surface area contributed by atoms with E-state index in [1.54, 1.807) is 37.3 Å². The van der Waals surface area contributed by atoms with Crippen LogP contribution in [-0.2, 0) is 9.59 Å². The van der Waals surface area contributed by atoms with E-state index in [1.165, 1.54) is 0 Å². The third-order valence-corrected chi connectivity index (χ3v) is 4.90. The van der Waals surface area contributed by atoms with Crippen LogP contribution >= 0.6 is 0 Å². The van der Waals surface area contributed by atoms with E-state index in [1.807, 2.05) is 32.9 Å². The molecule has 3 amide bonds. The van der Waals surface area contributed by atoms with Gasteiger partial charge in [-0.2, -0.15) is 0 Å². The molecule has 2 atom stereocenters. The van der Waals surface area contributed by atoms with Crippen molar-refractivity contribution in [3.63, 3.8) is 0 Å². The van der Waals surface area contributed by atoms with Crippen LogP contribution in [0, 0.1) is 12.8 Å². The lowest BCUT2D eigenvalue weighted by molar-refractivity contribution is -0.122. The number of hydrogen-bond donors (Lipinski definition) is 3. The molecular weight excluding hydrogens is 382 g/mol. The summed E-state index contributed by atoms with van der Waals surface area (Å²) in [5.41, 5.74) is 2.40. The van der Waals surface area contributed by atoms with E-state index in [0.717, 1.165) is 5.56 Å². The van der Waals surface area contributed by atoms with Gasteiger partial charge >= 0.3 is 0 Å². The molecule has 0 spiro atoms. The van der Waals surface area contributed by atoms with Crippen LogP contribution in [0.1, 0.15) is 43.1 Å². The zero-order valence-corrected chi connectivity index (χ0v) is 17.6. The largest absolute Gasteiger partial charge is 0.479 e. The molecule has 0 aliphatic carbocycles. The van der Waals surface area contributed by atoms with Gasteiger partial charge in [0.1, 0.15) is 11.8 Å². The zero-order valence-electron chi connectivity index (χ0n) is 17.6. The Morgan fingerprint density at radius 1 is 1.17 bits per heavy atom. The second-order valence-corrected chi connectivity index (χ2v) is 7.92. The molecule has 0 aromatic heterocycles. The molecule has 0 radical (unpaired) electrons. The predicted octanol–water partition coefficient (Wildman–Crippen LogP) is 3.50. The first kappa shape index (κ1) is 21.4. The molecule has 2 aromatic carbocycles. The van der Waals surface area contributed by atoms with Crippen molar-refractivity contribution in [3.8, 4) is 5.75 Å². The van der Waals surface area contributed by atoms with Crippen LogP contribution in [0.2, 0.25) is 0 Å². The minimum Gasteiger partial charge on any atom is -0.479 e. The number of aryl methyl sites for hydroxylation is 1. The molecule has 158 valence electrons. The van der Waals surface area contributed by atoms with Gasteiger partial charge in [0.25, 0.3) is 11.8 Å². The van der Waals surface area contributed by atoms with Crippen molar-refractivity contribution in [3.05, 3.63) is 53.6 Å². The van der Waals surface area contributed by atoms with Gasteiger partial charge in [0.05, 0.1) is 5.69 Å². The molecule has 0 saturated carbocycles. The van der Waals surface area contributed by atoms with Crippen LogP contribution < -0.4 is 20.7 Å². The molecule has 7 heteroatoms. The maximum Gasteiger partial charge on any atom is 0.265 e. The molecule has 0 bridgehead atoms. The molecule has 1 aliphatic heterocycles. The van der Waals surface area contributed by atoms with Crippen molar-refractivity contribution in [2.45, 2.75) is 46.3 Å². The number of benzene rings is 2. The first-order valence-corrected chi connectivity index (χ1v) is 10.0.